The normalized spacial score (nSPS) is 22.7. The molecular weight excluding hydrogens is 186 g/mol. The minimum Gasteiger partial charge on any atom is -0.374 e. The van der Waals surface area contributed by atoms with E-state index in [1.165, 1.54) is 18.4 Å². The molecule has 2 heteroatoms. The molecule has 1 heterocycles. The van der Waals surface area contributed by atoms with Crippen molar-refractivity contribution in [2.45, 2.75) is 46.1 Å². The second-order valence-electron chi connectivity index (χ2n) is 4.75. The highest BCUT2D eigenvalue weighted by atomic mass is 16.5. The molecule has 0 spiro atoms. The number of ether oxygens (including phenoxy) is 1. The summed E-state index contributed by atoms with van der Waals surface area (Å²) in [4.78, 5) is 0. The van der Waals surface area contributed by atoms with E-state index in [0.717, 1.165) is 32.0 Å². The van der Waals surface area contributed by atoms with Gasteiger partial charge in [0, 0.05) is 13.2 Å². The van der Waals surface area contributed by atoms with Gasteiger partial charge < -0.3 is 10.1 Å². The highest BCUT2D eigenvalue weighted by molar-refractivity contribution is 5.07. The van der Waals surface area contributed by atoms with Gasteiger partial charge in [-0.3, -0.25) is 0 Å². The van der Waals surface area contributed by atoms with Crippen molar-refractivity contribution in [2.24, 2.45) is 5.92 Å². The average Bonchev–Trinajstić information content (AvgIpc) is 2.68. The van der Waals surface area contributed by atoms with Crippen LogP contribution in [-0.4, -0.2) is 25.8 Å². The van der Waals surface area contributed by atoms with Gasteiger partial charge in [0.1, 0.15) is 0 Å². The van der Waals surface area contributed by atoms with Crippen molar-refractivity contribution >= 4 is 0 Å². The molecule has 88 valence electrons. The lowest BCUT2D eigenvalue weighted by atomic mass is 10.1. The van der Waals surface area contributed by atoms with Crippen LogP contribution in [0.3, 0.4) is 0 Å². The van der Waals surface area contributed by atoms with Crippen molar-refractivity contribution in [3.8, 4) is 0 Å². The highest BCUT2D eigenvalue weighted by Crippen LogP contribution is 2.15. The van der Waals surface area contributed by atoms with Gasteiger partial charge >= 0.3 is 0 Å². The van der Waals surface area contributed by atoms with E-state index in [1.807, 2.05) is 0 Å². The van der Waals surface area contributed by atoms with E-state index in [4.69, 9.17) is 4.74 Å². The third-order valence-electron chi connectivity index (χ3n) is 2.75. The quantitative estimate of drug-likeness (QED) is 0.682. The minimum absolute atomic E-state index is 0.390. The monoisotopic (exact) mass is 211 g/mol. The highest BCUT2D eigenvalue weighted by Gasteiger charge is 2.13. The van der Waals surface area contributed by atoms with Crippen LogP contribution in [0.1, 0.15) is 40.0 Å². The number of hydrogen-bond acceptors (Lipinski definition) is 2. The Kier molecular flexibility index (Phi) is 5.96. The molecule has 0 radical (unpaired) electrons. The van der Waals surface area contributed by atoms with Crippen LogP contribution in [0, 0.1) is 5.92 Å². The maximum atomic E-state index is 5.61. The molecule has 1 atom stereocenters. The van der Waals surface area contributed by atoms with E-state index in [-0.39, 0.29) is 0 Å². The van der Waals surface area contributed by atoms with Gasteiger partial charge in [-0.15, -0.1) is 0 Å². The van der Waals surface area contributed by atoms with Crippen LogP contribution in [0.15, 0.2) is 11.6 Å². The number of nitrogens with one attached hydrogen (secondary N) is 1. The molecule has 1 saturated heterocycles. The first kappa shape index (κ1) is 12.7. The van der Waals surface area contributed by atoms with Crippen LogP contribution in [0.4, 0.5) is 0 Å². The molecule has 1 unspecified atom stereocenters. The molecule has 0 aliphatic carbocycles. The molecule has 0 aromatic heterocycles. The van der Waals surface area contributed by atoms with Gasteiger partial charge in [-0.05, 0) is 31.7 Å². The van der Waals surface area contributed by atoms with E-state index < -0.39 is 0 Å². The van der Waals surface area contributed by atoms with Crippen molar-refractivity contribution in [3.63, 3.8) is 0 Å². The van der Waals surface area contributed by atoms with Crippen molar-refractivity contribution in [2.75, 3.05) is 19.7 Å². The van der Waals surface area contributed by atoms with Gasteiger partial charge in [0.15, 0.2) is 0 Å². The lowest BCUT2D eigenvalue weighted by Gasteiger charge is -2.11. The summed E-state index contributed by atoms with van der Waals surface area (Å²) in [6.45, 7) is 9.76. The van der Waals surface area contributed by atoms with Gasteiger partial charge in [-0.2, -0.15) is 0 Å². The fourth-order valence-corrected chi connectivity index (χ4v) is 1.82. The molecule has 15 heavy (non-hydrogen) atoms. The molecule has 0 aromatic rings. The molecule has 1 N–H and O–H groups in total. The van der Waals surface area contributed by atoms with Gasteiger partial charge in [0.2, 0.25) is 0 Å². The standard InChI is InChI=1S/C13H25NO/c1-4-12(10-14-9-11(2)3)8-13-6-5-7-15-13/h8,11,13-14H,4-7,9-10H2,1-3H3. The van der Waals surface area contributed by atoms with Gasteiger partial charge in [0.25, 0.3) is 0 Å². The third-order valence-corrected chi connectivity index (χ3v) is 2.75. The summed E-state index contributed by atoms with van der Waals surface area (Å²) in [7, 11) is 0. The van der Waals surface area contributed by atoms with E-state index >= 15 is 0 Å². The Bertz CT molecular complexity index is 193. The Morgan fingerprint density at radius 3 is 2.87 bits per heavy atom. The first-order chi connectivity index (χ1) is 7.22. The fourth-order valence-electron chi connectivity index (χ4n) is 1.82. The summed E-state index contributed by atoms with van der Waals surface area (Å²) in [5.41, 5.74) is 1.49. The van der Waals surface area contributed by atoms with Crippen LogP contribution in [0.2, 0.25) is 0 Å². The Morgan fingerprint density at radius 1 is 1.53 bits per heavy atom. The van der Waals surface area contributed by atoms with E-state index in [0.29, 0.717) is 6.10 Å². The van der Waals surface area contributed by atoms with Gasteiger partial charge in [-0.1, -0.05) is 32.4 Å². The summed E-state index contributed by atoms with van der Waals surface area (Å²) in [5, 5.41) is 3.49. The SMILES string of the molecule is CCC(=CC1CCCO1)CNCC(C)C. The van der Waals surface area contributed by atoms with Crippen LogP contribution < -0.4 is 5.32 Å². The maximum absolute atomic E-state index is 5.61. The Morgan fingerprint density at radius 2 is 2.33 bits per heavy atom. The van der Waals surface area contributed by atoms with Crippen molar-refractivity contribution < 1.29 is 4.74 Å². The Hall–Kier alpha value is -0.340. The average molecular weight is 211 g/mol. The third kappa shape index (κ3) is 5.33. The predicted octanol–water partition coefficient (Wildman–Crippen LogP) is 2.75. The topological polar surface area (TPSA) is 21.3 Å². The summed E-state index contributed by atoms with van der Waals surface area (Å²) in [6.07, 6.45) is 6.26. The van der Waals surface area contributed by atoms with Crippen molar-refractivity contribution in [3.05, 3.63) is 11.6 Å². The molecular formula is C13H25NO. The number of rotatable bonds is 6. The largest absolute Gasteiger partial charge is 0.374 e. The summed E-state index contributed by atoms with van der Waals surface area (Å²) < 4.78 is 5.61. The number of hydrogen-bond donors (Lipinski definition) is 1. The lowest BCUT2D eigenvalue weighted by molar-refractivity contribution is 0.145. The van der Waals surface area contributed by atoms with E-state index in [9.17, 15) is 0 Å². The molecule has 0 aromatic carbocycles. The summed E-state index contributed by atoms with van der Waals surface area (Å²) in [6, 6.07) is 0. The second-order valence-corrected chi connectivity index (χ2v) is 4.75. The maximum Gasteiger partial charge on any atom is 0.0759 e. The van der Waals surface area contributed by atoms with E-state index in [1.54, 1.807) is 0 Å². The molecule has 0 saturated carbocycles. The Labute approximate surface area is 94.1 Å². The van der Waals surface area contributed by atoms with Gasteiger partial charge in [0.05, 0.1) is 6.10 Å². The molecule has 1 aliphatic heterocycles. The molecule has 1 fully saturated rings. The zero-order valence-corrected chi connectivity index (χ0v) is 10.4. The smallest absolute Gasteiger partial charge is 0.0759 e. The first-order valence-electron chi connectivity index (χ1n) is 6.24. The van der Waals surface area contributed by atoms with Crippen LogP contribution in [0.25, 0.3) is 0 Å². The fraction of sp³-hybridized carbons (Fsp3) is 0.846. The van der Waals surface area contributed by atoms with Gasteiger partial charge in [-0.25, -0.2) is 0 Å². The molecule has 2 nitrogen and oxygen atoms in total. The first-order valence-corrected chi connectivity index (χ1v) is 6.24. The van der Waals surface area contributed by atoms with Crippen LogP contribution in [0.5, 0.6) is 0 Å². The summed E-state index contributed by atoms with van der Waals surface area (Å²) >= 11 is 0. The molecule has 1 aliphatic rings. The lowest BCUT2D eigenvalue weighted by Crippen LogP contribution is -2.22. The van der Waals surface area contributed by atoms with Crippen LogP contribution in [-0.2, 0) is 4.74 Å². The molecule has 1 rings (SSSR count). The zero-order valence-electron chi connectivity index (χ0n) is 10.4. The predicted molar refractivity (Wildman–Crippen MR) is 65.1 cm³/mol. The Balaban J connectivity index is 2.27. The van der Waals surface area contributed by atoms with Crippen molar-refractivity contribution in [1.82, 2.24) is 5.32 Å². The zero-order chi connectivity index (χ0) is 11.1. The summed E-state index contributed by atoms with van der Waals surface area (Å²) in [5.74, 6) is 0.728. The minimum atomic E-state index is 0.390. The molecule has 0 bridgehead atoms. The second kappa shape index (κ2) is 7.02. The van der Waals surface area contributed by atoms with Crippen molar-refractivity contribution in [1.29, 1.82) is 0 Å². The van der Waals surface area contributed by atoms with E-state index in [2.05, 4.69) is 32.2 Å². The van der Waals surface area contributed by atoms with Crippen LogP contribution >= 0.6 is 0 Å². The molecule has 0 amide bonds.